The van der Waals surface area contributed by atoms with Crippen molar-refractivity contribution in [1.29, 1.82) is 0 Å². The van der Waals surface area contributed by atoms with Crippen LogP contribution in [0.1, 0.15) is 50.2 Å². The van der Waals surface area contributed by atoms with Gasteiger partial charge in [-0.3, -0.25) is 4.79 Å². The minimum Gasteiger partial charge on any atom is -0.342 e. The van der Waals surface area contributed by atoms with E-state index in [1.54, 1.807) is 18.0 Å². The summed E-state index contributed by atoms with van der Waals surface area (Å²) < 4.78 is 0. The third-order valence-corrected chi connectivity index (χ3v) is 2.91. The molecule has 1 aromatic rings. The summed E-state index contributed by atoms with van der Waals surface area (Å²) in [7, 11) is 1.80. The molecule has 0 spiro atoms. The average molecular weight is 269 g/mol. The normalized spacial score (nSPS) is 11.4. The smallest absolute Gasteiger partial charge is 0.253 e. The molecular weight excluding hydrogens is 248 g/mol. The Morgan fingerprint density at radius 2 is 2.00 bits per heavy atom. The fourth-order valence-electron chi connectivity index (χ4n) is 1.66. The van der Waals surface area contributed by atoms with Crippen LogP contribution in [0.5, 0.6) is 0 Å². The monoisotopic (exact) mass is 268 g/mol. The van der Waals surface area contributed by atoms with E-state index in [4.69, 9.17) is 11.6 Å². The van der Waals surface area contributed by atoms with Crippen LogP contribution in [0.2, 0.25) is 5.15 Å². The first kappa shape index (κ1) is 15.0. The second-order valence-electron chi connectivity index (χ2n) is 5.54. The molecule has 0 unspecified atom stereocenters. The Hall–Kier alpha value is -1.09. The fraction of sp³-hybridized carbons (Fsp3) is 0.571. The SMILES string of the molecule is CCCN(C)C(=O)c1cc(Cl)nc(C(C)(C)C)c1. The van der Waals surface area contributed by atoms with Crippen LogP contribution in [0.3, 0.4) is 0 Å². The number of pyridine rings is 1. The predicted molar refractivity (Wildman–Crippen MR) is 75.2 cm³/mol. The molecule has 18 heavy (non-hydrogen) atoms. The van der Waals surface area contributed by atoms with Crippen LogP contribution >= 0.6 is 11.6 Å². The highest BCUT2D eigenvalue weighted by atomic mass is 35.5. The lowest BCUT2D eigenvalue weighted by atomic mass is 9.91. The van der Waals surface area contributed by atoms with Crippen LogP contribution in [0, 0.1) is 0 Å². The predicted octanol–water partition coefficient (Wildman–Crippen LogP) is 3.51. The van der Waals surface area contributed by atoms with E-state index in [1.807, 2.05) is 13.0 Å². The van der Waals surface area contributed by atoms with Crippen LogP contribution in [-0.2, 0) is 5.41 Å². The first-order chi connectivity index (χ1) is 8.25. The summed E-state index contributed by atoms with van der Waals surface area (Å²) in [6.45, 7) is 8.94. The first-order valence-corrected chi connectivity index (χ1v) is 6.57. The first-order valence-electron chi connectivity index (χ1n) is 6.19. The Balaban J connectivity index is 3.10. The molecule has 0 saturated heterocycles. The fourth-order valence-corrected chi connectivity index (χ4v) is 1.87. The molecule has 4 heteroatoms. The molecule has 0 radical (unpaired) electrons. The van der Waals surface area contributed by atoms with Crippen molar-refractivity contribution in [3.63, 3.8) is 0 Å². The van der Waals surface area contributed by atoms with E-state index >= 15 is 0 Å². The molecule has 0 aliphatic rings. The van der Waals surface area contributed by atoms with Crippen LogP contribution in [0.15, 0.2) is 12.1 Å². The van der Waals surface area contributed by atoms with Crippen molar-refractivity contribution in [1.82, 2.24) is 9.88 Å². The van der Waals surface area contributed by atoms with Gasteiger partial charge in [0.1, 0.15) is 5.15 Å². The summed E-state index contributed by atoms with van der Waals surface area (Å²) in [5, 5.41) is 0.371. The molecule has 0 N–H and O–H groups in total. The molecule has 1 amide bonds. The van der Waals surface area contributed by atoms with Crippen molar-refractivity contribution < 1.29 is 4.79 Å². The van der Waals surface area contributed by atoms with Crippen molar-refractivity contribution in [2.24, 2.45) is 0 Å². The van der Waals surface area contributed by atoms with Gasteiger partial charge in [-0.15, -0.1) is 0 Å². The Kier molecular flexibility index (Phi) is 4.74. The topological polar surface area (TPSA) is 33.2 Å². The molecular formula is C14H21ClN2O. The number of nitrogens with zero attached hydrogens (tertiary/aromatic N) is 2. The lowest BCUT2D eigenvalue weighted by molar-refractivity contribution is 0.0795. The zero-order valence-corrected chi connectivity index (χ0v) is 12.5. The summed E-state index contributed by atoms with van der Waals surface area (Å²) in [4.78, 5) is 18.2. The van der Waals surface area contributed by atoms with Gasteiger partial charge < -0.3 is 4.90 Å². The zero-order valence-electron chi connectivity index (χ0n) is 11.7. The van der Waals surface area contributed by atoms with Gasteiger partial charge in [-0.1, -0.05) is 39.3 Å². The maximum atomic E-state index is 12.2. The van der Waals surface area contributed by atoms with E-state index in [2.05, 4.69) is 25.8 Å². The van der Waals surface area contributed by atoms with E-state index in [1.165, 1.54) is 0 Å². The number of carbonyl (C=O) groups is 1. The van der Waals surface area contributed by atoms with Gasteiger partial charge in [0.05, 0.1) is 0 Å². The van der Waals surface area contributed by atoms with Gasteiger partial charge in [0.25, 0.3) is 5.91 Å². The lowest BCUT2D eigenvalue weighted by Crippen LogP contribution is -2.28. The van der Waals surface area contributed by atoms with Crippen molar-refractivity contribution >= 4 is 17.5 Å². The van der Waals surface area contributed by atoms with Crippen molar-refractivity contribution in [3.8, 4) is 0 Å². The van der Waals surface area contributed by atoms with Gasteiger partial charge in [0.2, 0.25) is 0 Å². The second kappa shape index (κ2) is 5.70. The van der Waals surface area contributed by atoms with E-state index in [0.717, 1.165) is 18.7 Å². The molecule has 1 aromatic heterocycles. The molecule has 0 saturated carbocycles. The quantitative estimate of drug-likeness (QED) is 0.786. The van der Waals surface area contributed by atoms with Crippen molar-refractivity contribution in [3.05, 3.63) is 28.5 Å². The number of halogens is 1. The van der Waals surface area contributed by atoms with Gasteiger partial charge in [0, 0.05) is 30.3 Å². The van der Waals surface area contributed by atoms with Gasteiger partial charge >= 0.3 is 0 Å². The molecule has 0 aliphatic carbocycles. The lowest BCUT2D eigenvalue weighted by Gasteiger charge is -2.21. The number of amides is 1. The molecule has 0 fully saturated rings. The number of hydrogen-bond donors (Lipinski definition) is 0. The van der Waals surface area contributed by atoms with Gasteiger partial charge in [-0.2, -0.15) is 0 Å². The largest absolute Gasteiger partial charge is 0.342 e. The Bertz CT molecular complexity index is 438. The maximum Gasteiger partial charge on any atom is 0.253 e. The number of aromatic nitrogens is 1. The molecule has 100 valence electrons. The number of rotatable bonds is 3. The summed E-state index contributed by atoms with van der Waals surface area (Å²) in [5.41, 5.74) is 1.32. The van der Waals surface area contributed by atoms with Gasteiger partial charge in [0.15, 0.2) is 0 Å². The van der Waals surface area contributed by atoms with Gasteiger partial charge in [-0.25, -0.2) is 4.98 Å². The van der Waals surface area contributed by atoms with Crippen LogP contribution in [0.25, 0.3) is 0 Å². The van der Waals surface area contributed by atoms with E-state index in [9.17, 15) is 4.79 Å². The third-order valence-electron chi connectivity index (χ3n) is 2.72. The van der Waals surface area contributed by atoms with E-state index in [0.29, 0.717) is 10.7 Å². The van der Waals surface area contributed by atoms with Crippen molar-refractivity contribution in [2.45, 2.75) is 39.5 Å². The Labute approximate surface area is 114 Å². The zero-order chi connectivity index (χ0) is 13.9. The summed E-state index contributed by atoms with van der Waals surface area (Å²) in [5.74, 6) is -0.00773. The third kappa shape index (κ3) is 3.70. The Morgan fingerprint density at radius 3 is 2.50 bits per heavy atom. The van der Waals surface area contributed by atoms with Crippen LogP contribution in [-0.4, -0.2) is 29.4 Å². The molecule has 0 atom stereocenters. The molecule has 0 bridgehead atoms. The highest BCUT2D eigenvalue weighted by Gasteiger charge is 2.20. The Morgan fingerprint density at radius 1 is 1.39 bits per heavy atom. The van der Waals surface area contributed by atoms with Crippen LogP contribution < -0.4 is 0 Å². The average Bonchev–Trinajstić information content (AvgIpc) is 2.26. The van der Waals surface area contributed by atoms with E-state index in [-0.39, 0.29) is 11.3 Å². The molecule has 1 rings (SSSR count). The molecule has 3 nitrogen and oxygen atoms in total. The maximum absolute atomic E-state index is 12.2. The standard InChI is InChI=1S/C14H21ClN2O/c1-6-7-17(5)13(18)10-8-11(14(2,3)4)16-12(15)9-10/h8-9H,6-7H2,1-5H3. The number of carbonyl (C=O) groups excluding carboxylic acids is 1. The van der Waals surface area contributed by atoms with Crippen LogP contribution in [0.4, 0.5) is 0 Å². The minimum absolute atomic E-state index is 0.00773. The molecule has 0 aromatic carbocycles. The number of hydrogen-bond acceptors (Lipinski definition) is 2. The highest BCUT2D eigenvalue weighted by Crippen LogP contribution is 2.23. The van der Waals surface area contributed by atoms with Crippen molar-refractivity contribution in [2.75, 3.05) is 13.6 Å². The second-order valence-corrected chi connectivity index (χ2v) is 5.93. The summed E-state index contributed by atoms with van der Waals surface area (Å²) >= 11 is 6.00. The highest BCUT2D eigenvalue weighted by molar-refractivity contribution is 6.29. The molecule has 1 heterocycles. The minimum atomic E-state index is -0.122. The molecule has 0 aliphatic heterocycles. The summed E-state index contributed by atoms with van der Waals surface area (Å²) in [6, 6.07) is 3.46. The van der Waals surface area contributed by atoms with Gasteiger partial charge in [-0.05, 0) is 18.6 Å². The summed E-state index contributed by atoms with van der Waals surface area (Å²) in [6.07, 6.45) is 0.938. The van der Waals surface area contributed by atoms with E-state index < -0.39 is 0 Å².